The summed E-state index contributed by atoms with van der Waals surface area (Å²) in [6.07, 6.45) is 5.49. The molecular formula is C20H26N2O3. The van der Waals surface area contributed by atoms with Gasteiger partial charge in [0.1, 0.15) is 6.61 Å². The maximum absolute atomic E-state index is 12.6. The van der Waals surface area contributed by atoms with Crippen LogP contribution in [0.25, 0.3) is 10.9 Å². The van der Waals surface area contributed by atoms with E-state index < -0.39 is 0 Å². The van der Waals surface area contributed by atoms with Crippen LogP contribution in [0.5, 0.6) is 0 Å². The number of aryl methyl sites for hydroxylation is 1. The molecular weight excluding hydrogens is 316 g/mol. The van der Waals surface area contributed by atoms with Crippen LogP contribution in [0.2, 0.25) is 0 Å². The molecule has 5 nitrogen and oxygen atoms in total. The summed E-state index contributed by atoms with van der Waals surface area (Å²) in [4.78, 5) is 29.9. The number of carbonyl (C=O) groups excluding carboxylic acids is 1. The highest BCUT2D eigenvalue weighted by Gasteiger charge is 2.26. The maximum atomic E-state index is 12.6. The van der Waals surface area contributed by atoms with E-state index in [1.165, 1.54) is 13.5 Å². The molecule has 1 aromatic heterocycles. The molecule has 5 heteroatoms. The number of fused-ring (bicyclic) bond motifs is 1. The molecule has 1 aromatic carbocycles. The zero-order valence-electron chi connectivity index (χ0n) is 15.0. The third-order valence-electron chi connectivity index (χ3n) is 5.11. The molecule has 25 heavy (non-hydrogen) atoms. The highest BCUT2D eigenvalue weighted by Crippen LogP contribution is 2.24. The third-order valence-corrected chi connectivity index (χ3v) is 5.11. The van der Waals surface area contributed by atoms with Crippen molar-refractivity contribution >= 4 is 16.8 Å². The first-order valence-electron chi connectivity index (χ1n) is 9.00. The number of hydrogen-bond acceptors (Lipinski definition) is 3. The van der Waals surface area contributed by atoms with Gasteiger partial charge >= 0.3 is 0 Å². The smallest absolute Gasteiger partial charge is 0.253 e. The maximum Gasteiger partial charge on any atom is 0.253 e. The van der Waals surface area contributed by atoms with Crippen LogP contribution in [-0.4, -0.2) is 35.5 Å². The number of methoxy groups -OCH3 is 1. The van der Waals surface area contributed by atoms with Gasteiger partial charge in [-0.05, 0) is 36.8 Å². The Hall–Kier alpha value is -2.14. The Morgan fingerprint density at radius 3 is 2.76 bits per heavy atom. The van der Waals surface area contributed by atoms with Gasteiger partial charge in [-0.2, -0.15) is 0 Å². The van der Waals surface area contributed by atoms with Gasteiger partial charge in [-0.25, -0.2) is 0 Å². The lowest BCUT2D eigenvalue weighted by Crippen LogP contribution is -2.43. The van der Waals surface area contributed by atoms with Gasteiger partial charge in [0.2, 0.25) is 5.91 Å². The number of H-pyrrole nitrogens is 1. The van der Waals surface area contributed by atoms with E-state index in [1.807, 2.05) is 36.1 Å². The lowest BCUT2D eigenvalue weighted by Gasteiger charge is -2.34. The quantitative estimate of drug-likeness (QED) is 0.908. The highest BCUT2D eigenvalue weighted by molar-refractivity contribution is 5.82. The monoisotopic (exact) mass is 342 g/mol. The molecule has 134 valence electrons. The molecule has 0 unspecified atom stereocenters. The lowest BCUT2D eigenvalue weighted by atomic mass is 9.93. The fourth-order valence-corrected chi connectivity index (χ4v) is 3.75. The Kier molecular flexibility index (Phi) is 5.53. The van der Waals surface area contributed by atoms with Gasteiger partial charge in [0.15, 0.2) is 0 Å². The number of carbonyl (C=O) groups is 1. The first kappa shape index (κ1) is 17.7. The van der Waals surface area contributed by atoms with Crippen molar-refractivity contribution in [2.75, 3.05) is 13.7 Å². The van der Waals surface area contributed by atoms with Crippen molar-refractivity contribution < 1.29 is 9.53 Å². The molecule has 0 radical (unpaired) electrons. The summed E-state index contributed by atoms with van der Waals surface area (Å²) < 4.78 is 5.05. The number of aromatic amines is 1. The van der Waals surface area contributed by atoms with Gasteiger partial charge in [0.25, 0.3) is 5.56 Å². The molecule has 3 rings (SSSR count). The van der Waals surface area contributed by atoms with E-state index in [0.29, 0.717) is 12.1 Å². The van der Waals surface area contributed by atoms with Gasteiger partial charge in [-0.1, -0.05) is 37.5 Å². The fourth-order valence-electron chi connectivity index (χ4n) is 3.75. The van der Waals surface area contributed by atoms with Crippen molar-refractivity contribution in [1.29, 1.82) is 0 Å². The Bertz CT molecular complexity index is 806. The average Bonchev–Trinajstić information content (AvgIpc) is 2.61. The minimum atomic E-state index is -0.118. The zero-order chi connectivity index (χ0) is 17.8. The van der Waals surface area contributed by atoms with Crippen LogP contribution in [0.1, 0.15) is 43.2 Å². The van der Waals surface area contributed by atoms with E-state index in [2.05, 4.69) is 4.98 Å². The summed E-state index contributed by atoms with van der Waals surface area (Å²) in [6.45, 7) is 2.38. The van der Waals surface area contributed by atoms with E-state index in [4.69, 9.17) is 4.74 Å². The molecule has 0 atom stereocenters. The van der Waals surface area contributed by atoms with Crippen LogP contribution in [-0.2, 0) is 16.1 Å². The van der Waals surface area contributed by atoms with Crippen molar-refractivity contribution in [2.45, 2.75) is 51.6 Å². The van der Waals surface area contributed by atoms with E-state index in [1.54, 1.807) is 0 Å². The Labute approximate surface area is 148 Å². The van der Waals surface area contributed by atoms with Gasteiger partial charge < -0.3 is 14.6 Å². The van der Waals surface area contributed by atoms with Crippen molar-refractivity contribution in [3.8, 4) is 0 Å². The molecule has 0 spiro atoms. The van der Waals surface area contributed by atoms with Crippen molar-refractivity contribution in [3.05, 3.63) is 45.7 Å². The lowest BCUT2D eigenvalue weighted by molar-refractivity contribution is -0.139. The summed E-state index contributed by atoms with van der Waals surface area (Å²) in [5.74, 6) is -0.0434. The number of hydrogen-bond donors (Lipinski definition) is 1. The summed E-state index contributed by atoms with van der Waals surface area (Å²) in [5, 5.41) is 0.998. The second-order valence-corrected chi connectivity index (χ2v) is 6.91. The van der Waals surface area contributed by atoms with Crippen LogP contribution in [0.3, 0.4) is 0 Å². The Morgan fingerprint density at radius 1 is 1.28 bits per heavy atom. The molecule has 1 heterocycles. The molecule has 1 N–H and O–H groups in total. The number of rotatable bonds is 5. The summed E-state index contributed by atoms with van der Waals surface area (Å²) in [5.41, 5.74) is 2.42. The minimum absolute atomic E-state index is 0.0434. The number of para-hydroxylation sites is 1. The predicted molar refractivity (Wildman–Crippen MR) is 98.6 cm³/mol. The number of pyridine rings is 1. The van der Waals surface area contributed by atoms with Crippen LogP contribution in [0.15, 0.2) is 29.1 Å². The van der Waals surface area contributed by atoms with E-state index >= 15 is 0 Å². The minimum Gasteiger partial charge on any atom is -0.375 e. The van der Waals surface area contributed by atoms with E-state index in [9.17, 15) is 9.59 Å². The number of nitrogens with one attached hydrogen (secondary N) is 1. The second-order valence-electron chi connectivity index (χ2n) is 6.91. The normalized spacial score (nSPS) is 15.4. The molecule has 0 saturated heterocycles. The number of nitrogens with zero attached hydrogens (tertiary/aromatic N) is 1. The van der Waals surface area contributed by atoms with Crippen LogP contribution in [0.4, 0.5) is 0 Å². The Morgan fingerprint density at radius 2 is 2.04 bits per heavy atom. The van der Waals surface area contributed by atoms with Gasteiger partial charge in [0.05, 0.1) is 12.1 Å². The molecule has 1 saturated carbocycles. The molecule has 1 aliphatic carbocycles. The van der Waals surface area contributed by atoms with Crippen LogP contribution in [0, 0.1) is 6.92 Å². The van der Waals surface area contributed by atoms with Crippen molar-refractivity contribution in [1.82, 2.24) is 9.88 Å². The topological polar surface area (TPSA) is 62.4 Å². The first-order valence-corrected chi connectivity index (χ1v) is 9.00. The SMILES string of the molecule is COCC(=O)N(Cc1cc2cccc(C)c2[nH]c1=O)C1CCCCC1. The first-order chi connectivity index (χ1) is 12.1. The van der Waals surface area contributed by atoms with Crippen LogP contribution >= 0.6 is 0 Å². The number of ether oxygens (including phenoxy) is 1. The number of benzene rings is 1. The number of aromatic nitrogens is 1. The van der Waals surface area contributed by atoms with Crippen molar-refractivity contribution in [2.24, 2.45) is 0 Å². The van der Waals surface area contributed by atoms with E-state index in [-0.39, 0.29) is 24.1 Å². The molecule has 2 aromatic rings. The molecule has 0 aliphatic heterocycles. The standard InChI is InChI=1S/C20H26N2O3/c1-14-7-6-8-15-11-16(20(24)21-19(14)15)12-22(18(23)13-25-2)17-9-4-3-5-10-17/h6-8,11,17H,3-5,9-10,12-13H2,1-2H3,(H,21,24). The van der Waals surface area contributed by atoms with Crippen molar-refractivity contribution in [3.63, 3.8) is 0 Å². The fraction of sp³-hybridized carbons (Fsp3) is 0.500. The zero-order valence-corrected chi connectivity index (χ0v) is 15.0. The predicted octanol–water partition coefficient (Wildman–Crippen LogP) is 3.14. The summed E-state index contributed by atoms with van der Waals surface area (Å²) in [6, 6.07) is 8.06. The molecule has 1 fully saturated rings. The number of amides is 1. The highest BCUT2D eigenvalue weighted by atomic mass is 16.5. The van der Waals surface area contributed by atoms with E-state index in [0.717, 1.165) is 42.1 Å². The average molecular weight is 342 g/mol. The largest absolute Gasteiger partial charge is 0.375 e. The third kappa shape index (κ3) is 3.93. The van der Waals surface area contributed by atoms with Crippen LogP contribution < -0.4 is 5.56 Å². The second kappa shape index (κ2) is 7.83. The summed E-state index contributed by atoms with van der Waals surface area (Å²) >= 11 is 0. The molecule has 1 amide bonds. The Balaban J connectivity index is 1.92. The molecule has 1 aliphatic rings. The van der Waals surface area contributed by atoms with Gasteiger partial charge in [-0.3, -0.25) is 9.59 Å². The van der Waals surface area contributed by atoms with Gasteiger partial charge in [0, 0.05) is 18.7 Å². The molecule has 0 bridgehead atoms. The van der Waals surface area contributed by atoms with Gasteiger partial charge in [-0.15, -0.1) is 0 Å². The summed E-state index contributed by atoms with van der Waals surface area (Å²) in [7, 11) is 1.53.